The molecule has 1 aliphatic heterocycles. The lowest BCUT2D eigenvalue weighted by molar-refractivity contribution is -0.172. The maximum atomic E-state index is 12.0. The Kier molecular flexibility index (Phi) is 21.7. The number of amides is 3. The van der Waals surface area contributed by atoms with Crippen molar-refractivity contribution in [2.75, 3.05) is 0 Å². The zero-order valence-electron chi connectivity index (χ0n) is 50.9. The number of nitrogens with one attached hydrogen (secondary N) is 1. The lowest BCUT2D eigenvalue weighted by Crippen LogP contribution is -2.44. The number of ether oxygens (including phenoxy) is 1. The molecule has 0 radical (unpaired) electrons. The SMILES string of the molecule is CC(=O)[C@H](Cc1cc(C)c(C)cc1C(C)C)NC(=O)OC(C)(C)C.CC(C)(C)C(=C(c1ccccc1)c1ccccc1)c1ccccc1.CC(C)(C)c1ccc(C(=O)ON2C(=O)CCC2=O)cc1.CC(C)(C)c1ccc2ncoc2c1. The van der Waals surface area contributed by atoms with Crippen LogP contribution in [0, 0.1) is 19.3 Å². The molecule has 2 heterocycles. The van der Waals surface area contributed by atoms with E-state index in [0.29, 0.717) is 23.0 Å². The van der Waals surface area contributed by atoms with Gasteiger partial charge in [-0.1, -0.05) is 197 Å². The number of fused-ring (bicyclic) bond motifs is 1. The molecule has 1 aliphatic rings. The highest BCUT2D eigenvalue weighted by molar-refractivity contribution is 6.03. The molecule has 1 fully saturated rings. The first-order valence-corrected chi connectivity index (χ1v) is 27.9. The summed E-state index contributed by atoms with van der Waals surface area (Å²) in [6, 6.07) is 49.0. The van der Waals surface area contributed by atoms with Crippen LogP contribution in [0.25, 0.3) is 22.2 Å². The van der Waals surface area contributed by atoms with E-state index in [1.54, 1.807) is 32.9 Å². The van der Waals surface area contributed by atoms with Crippen LogP contribution in [-0.4, -0.2) is 51.4 Å². The number of rotatable bonds is 10. The molecule has 11 heteroatoms. The molecule has 0 saturated carbocycles. The predicted molar refractivity (Wildman–Crippen MR) is 327 cm³/mol. The molecule has 81 heavy (non-hydrogen) atoms. The fourth-order valence-corrected chi connectivity index (χ4v) is 9.02. The zero-order chi connectivity index (χ0) is 60.0. The van der Waals surface area contributed by atoms with Crippen molar-refractivity contribution in [2.45, 2.75) is 165 Å². The maximum Gasteiger partial charge on any atom is 0.408 e. The van der Waals surface area contributed by atoms with E-state index in [1.807, 2.05) is 18.2 Å². The summed E-state index contributed by atoms with van der Waals surface area (Å²) >= 11 is 0. The van der Waals surface area contributed by atoms with E-state index in [2.05, 4.69) is 216 Å². The number of allylic oxidation sites excluding steroid dienone is 1. The minimum absolute atomic E-state index is 0.0106. The first kappa shape index (κ1) is 63.9. The summed E-state index contributed by atoms with van der Waals surface area (Å²) in [6.07, 6.45) is 1.59. The van der Waals surface area contributed by atoms with Crippen molar-refractivity contribution in [3.05, 3.63) is 208 Å². The van der Waals surface area contributed by atoms with Crippen molar-refractivity contribution < 1.29 is 38.0 Å². The Hall–Kier alpha value is -7.92. The van der Waals surface area contributed by atoms with Gasteiger partial charge in [-0.3, -0.25) is 14.4 Å². The number of aryl methyl sites for hydroxylation is 2. The first-order valence-electron chi connectivity index (χ1n) is 27.9. The number of carbonyl (C=O) groups excluding carboxylic acids is 5. The average Bonchev–Trinajstić information content (AvgIpc) is 4.08. The second kappa shape index (κ2) is 27.5. The van der Waals surface area contributed by atoms with Crippen molar-refractivity contribution in [1.29, 1.82) is 0 Å². The van der Waals surface area contributed by atoms with Crippen molar-refractivity contribution in [3.63, 3.8) is 0 Å². The lowest BCUT2D eigenvalue weighted by atomic mass is 9.76. The van der Waals surface area contributed by atoms with Gasteiger partial charge < -0.3 is 19.3 Å². The fraction of sp³-hybridized carbons (Fsp3) is 0.371. The van der Waals surface area contributed by atoms with Gasteiger partial charge in [0.25, 0.3) is 11.8 Å². The van der Waals surface area contributed by atoms with Crippen LogP contribution in [0.4, 0.5) is 4.79 Å². The van der Waals surface area contributed by atoms with Crippen LogP contribution in [-0.2, 0) is 41.2 Å². The van der Waals surface area contributed by atoms with Crippen molar-refractivity contribution >= 4 is 51.9 Å². The Labute approximate surface area is 481 Å². The van der Waals surface area contributed by atoms with Gasteiger partial charge in [0.15, 0.2) is 17.8 Å². The van der Waals surface area contributed by atoms with E-state index in [4.69, 9.17) is 14.0 Å². The first-order chi connectivity index (χ1) is 37.8. The van der Waals surface area contributed by atoms with E-state index in [-0.39, 0.29) is 34.9 Å². The van der Waals surface area contributed by atoms with Crippen LogP contribution in [0.1, 0.15) is 183 Å². The zero-order valence-corrected chi connectivity index (χ0v) is 50.9. The van der Waals surface area contributed by atoms with Crippen LogP contribution in [0.15, 0.2) is 156 Å². The summed E-state index contributed by atoms with van der Waals surface area (Å²) in [5.41, 5.74) is 15.3. The third-order valence-electron chi connectivity index (χ3n) is 13.5. The van der Waals surface area contributed by atoms with Crippen LogP contribution >= 0.6 is 0 Å². The van der Waals surface area contributed by atoms with Gasteiger partial charge in [0, 0.05) is 19.3 Å². The molecule has 7 aromatic rings. The van der Waals surface area contributed by atoms with E-state index in [1.165, 1.54) is 63.4 Å². The van der Waals surface area contributed by atoms with Gasteiger partial charge in [0.05, 0.1) is 11.6 Å². The lowest BCUT2D eigenvalue weighted by Gasteiger charge is -2.28. The number of imide groups is 1. The standard InChI is InChI=1S/C24H24.C20H31NO3.C15H17NO4.C11H13NO/c1-24(2,3)23(21-17-11-6-12-18-21)22(19-13-7-4-8-14-19)20-15-9-5-10-16-20;1-12(2)17-10-14(4)13(3)9-16(17)11-18(15(5)22)21-19(23)24-20(6,7)8;1-15(2,3)11-6-4-10(5-7-11)14(19)20-16-12(17)8-9-13(16)18;1-11(2,3)8-4-5-9-10(6-8)13-7-12-9/h4-18H,1-3H3;9-10,12,18H,11H2,1-8H3,(H,21,23);4-7H,8-9H2,1-3H3;4-7H,1-3H3/t;18-;;/m.0../s1. The summed E-state index contributed by atoms with van der Waals surface area (Å²) in [4.78, 5) is 67.6. The van der Waals surface area contributed by atoms with Crippen molar-refractivity contribution in [3.8, 4) is 0 Å². The van der Waals surface area contributed by atoms with Crippen LogP contribution in [0.5, 0.6) is 0 Å². The molecule has 3 amide bonds. The molecular formula is C70H85N3O8. The predicted octanol–water partition coefficient (Wildman–Crippen LogP) is 16.5. The van der Waals surface area contributed by atoms with Gasteiger partial charge in [-0.15, -0.1) is 5.06 Å². The van der Waals surface area contributed by atoms with E-state index in [9.17, 15) is 24.0 Å². The number of oxazole rings is 1. The monoisotopic (exact) mass is 1100 g/mol. The number of hydrogen-bond acceptors (Lipinski definition) is 9. The van der Waals surface area contributed by atoms with Crippen LogP contribution in [0.3, 0.4) is 0 Å². The second-order valence-corrected chi connectivity index (χ2v) is 25.0. The minimum atomic E-state index is -0.700. The quantitative estimate of drug-likeness (QED) is 0.104. The molecule has 0 unspecified atom stereocenters. The van der Waals surface area contributed by atoms with E-state index < -0.39 is 35.5 Å². The summed E-state index contributed by atoms with van der Waals surface area (Å²) in [5.74, 6) is -1.37. The summed E-state index contributed by atoms with van der Waals surface area (Å²) in [7, 11) is 0. The molecule has 11 nitrogen and oxygen atoms in total. The number of ketones is 1. The summed E-state index contributed by atoms with van der Waals surface area (Å²) < 4.78 is 10.5. The minimum Gasteiger partial charge on any atom is -0.444 e. The van der Waals surface area contributed by atoms with Crippen molar-refractivity contribution in [2.24, 2.45) is 5.41 Å². The number of hydrogen-bond donors (Lipinski definition) is 1. The topological polar surface area (TPSA) is 145 Å². The van der Waals surface area contributed by atoms with Crippen molar-refractivity contribution in [1.82, 2.24) is 15.4 Å². The Morgan fingerprint density at radius 1 is 0.617 bits per heavy atom. The molecule has 0 aliphatic carbocycles. The molecular weight excluding hydrogens is 1010 g/mol. The van der Waals surface area contributed by atoms with Crippen LogP contribution in [0.2, 0.25) is 0 Å². The van der Waals surface area contributed by atoms with Gasteiger partial charge in [0.2, 0.25) is 0 Å². The van der Waals surface area contributed by atoms with Gasteiger partial charge >= 0.3 is 12.1 Å². The molecule has 0 bridgehead atoms. The number of hydroxylamine groups is 2. The Balaban J connectivity index is 0.000000202. The molecule has 6 aromatic carbocycles. The van der Waals surface area contributed by atoms with Gasteiger partial charge in [-0.2, -0.15) is 0 Å². The van der Waals surface area contributed by atoms with E-state index in [0.717, 1.165) is 22.2 Å². The Morgan fingerprint density at radius 3 is 1.56 bits per heavy atom. The Bertz CT molecular complexity index is 3220. The molecule has 0 spiro atoms. The largest absolute Gasteiger partial charge is 0.444 e. The van der Waals surface area contributed by atoms with Gasteiger partial charge in [-0.25, -0.2) is 14.6 Å². The van der Waals surface area contributed by atoms with Gasteiger partial charge in [0.1, 0.15) is 11.1 Å². The normalized spacial score (nSPS) is 12.9. The maximum absolute atomic E-state index is 12.0. The van der Waals surface area contributed by atoms with E-state index >= 15 is 0 Å². The second-order valence-electron chi connectivity index (χ2n) is 25.0. The third kappa shape index (κ3) is 18.8. The summed E-state index contributed by atoms with van der Waals surface area (Å²) in [6.45, 7) is 35.0. The highest BCUT2D eigenvalue weighted by Gasteiger charge is 2.33. The summed E-state index contributed by atoms with van der Waals surface area (Å²) in [5, 5.41) is 3.27. The Morgan fingerprint density at radius 2 is 1.10 bits per heavy atom. The smallest absolute Gasteiger partial charge is 0.408 e. The average molecular weight is 1100 g/mol. The number of aromatic nitrogens is 1. The number of Topliss-reactive ketones (excluding diaryl/α,β-unsaturated/α-hetero) is 1. The number of nitrogens with zero attached hydrogens (tertiary/aromatic N) is 2. The number of carbonyl (C=O) groups is 5. The fourth-order valence-electron chi connectivity index (χ4n) is 9.02. The molecule has 1 saturated heterocycles. The van der Waals surface area contributed by atoms with Crippen LogP contribution < -0.4 is 5.32 Å². The molecule has 8 rings (SSSR count). The number of benzene rings is 6. The molecule has 1 atom stereocenters. The molecule has 428 valence electrons. The third-order valence-corrected chi connectivity index (χ3v) is 13.5. The molecule has 1 aromatic heterocycles. The highest BCUT2D eigenvalue weighted by atomic mass is 16.7. The van der Waals surface area contributed by atoms with Gasteiger partial charge in [-0.05, 0) is 149 Å². The highest BCUT2D eigenvalue weighted by Crippen LogP contribution is 2.43. The number of alkyl carbamates (subject to hydrolysis) is 1. The molecule has 1 N–H and O–H groups in total.